The van der Waals surface area contributed by atoms with Gasteiger partial charge in [-0.3, -0.25) is 9.59 Å². The first-order chi connectivity index (χ1) is 9.49. The number of benzene rings is 1. The molecule has 3 rings (SSSR count). The fourth-order valence-electron chi connectivity index (χ4n) is 2.50. The highest BCUT2D eigenvalue weighted by atomic mass is 35.5. The maximum absolute atomic E-state index is 12.0. The molecule has 0 atom stereocenters. The number of guanidine groups is 1. The van der Waals surface area contributed by atoms with E-state index < -0.39 is 5.91 Å². The minimum atomic E-state index is -0.544. The second-order valence-electron chi connectivity index (χ2n) is 4.55. The van der Waals surface area contributed by atoms with E-state index >= 15 is 0 Å². The Morgan fingerprint density at radius 2 is 2.10 bits per heavy atom. The van der Waals surface area contributed by atoms with Gasteiger partial charge in [0.1, 0.15) is 5.69 Å². The summed E-state index contributed by atoms with van der Waals surface area (Å²) >= 11 is 6.13. The highest BCUT2D eigenvalue weighted by molar-refractivity contribution is 6.36. The van der Waals surface area contributed by atoms with Crippen LogP contribution >= 0.6 is 11.6 Å². The summed E-state index contributed by atoms with van der Waals surface area (Å²) in [7, 11) is 0. The number of hydrogen-bond donors (Lipinski definition) is 2. The average molecular weight is 291 g/mol. The van der Waals surface area contributed by atoms with Gasteiger partial charge in [-0.2, -0.15) is 4.99 Å². The maximum atomic E-state index is 12.0. The summed E-state index contributed by atoms with van der Waals surface area (Å²) in [4.78, 5) is 27.5. The highest BCUT2D eigenvalue weighted by Gasteiger charge is 2.25. The van der Waals surface area contributed by atoms with Gasteiger partial charge in [-0.15, -0.1) is 0 Å². The molecule has 0 saturated heterocycles. The lowest BCUT2D eigenvalue weighted by Crippen LogP contribution is -2.25. The number of ketones is 1. The minimum Gasteiger partial charge on any atom is -0.370 e. The molecule has 2 heterocycles. The molecule has 20 heavy (non-hydrogen) atoms. The zero-order chi connectivity index (χ0) is 14.4. The number of carbonyl (C=O) groups is 2. The third-order valence-electron chi connectivity index (χ3n) is 3.32. The Hall–Kier alpha value is -2.34. The Morgan fingerprint density at radius 3 is 2.80 bits per heavy atom. The van der Waals surface area contributed by atoms with E-state index in [0.717, 1.165) is 0 Å². The lowest BCUT2D eigenvalue weighted by atomic mass is 10.0. The van der Waals surface area contributed by atoms with E-state index in [1.165, 1.54) is 0 Å². The SMILES string of the molecule is NC(N)=NC(=O)c1cc2c(Cl)ccc3c2n1CCC3=O. The molecule has 2 aromatic rings. The monoisotopic (exact) mass is 290 g/mol. The van der Waals surface area contributed by atoms with Crippen molar-refractivity contribution in [3.63, 3.8) is 0 Å². The summed E-state index contributed by atoms with van der Waals surface area (Å²) in [6.07, 6.45) is 0.334. The number of Topliss-reactive ketones (excluding diaryl/α,β-unsaturated/α-hetero) is 1. The minimum absolute atomic E-state index is 0.0399. The van der Waals surface area contributed by atoms with Crippen LogP contribution < -0.4 is 11.5 Å². The Kier molecular flexibility index (Phi) is 2.76. The number of amides is 1. The molecule has 1 aromatic carbocycles. The van der Waals surface area contributed by atoms with Crippen molar-refractivity contribution in [1.82, 2.24) is 4.57 Å². The van der Waals surface area contributed by atoms with Gasteiger partial charge in [0, 0.05) is 23.9 Å². The molecule has 102 valence electrons. The van der Waals surface area contributed by atoms with Crippen molar-refractivity contribution in [3.8, 4) is 0 Å². The van der Waals surface area contributed by atoms with E-state index in [4.69, 9.17) is 23.1 Å². The second kappa shape index (κ2) is 4.35. The highest BCUT2D eigenvalue weighted by Crippen LogP contribution is 2.33. The van der Waals surface area contributed by atoms with Gasteiger partial charge in [-0.05, 0) is 18.2 Å². The Morgan fingerprint density at radius 1 is 1.35 bits per heavy atom. The third-order valence-corrected chi connectivity index (χ3v) is 3.65. The van der Waals surface area contributed by atoms with Crippen molar-refractivity contribution in [1.29, 1.82) is 0 Å². The van der Waals surface area contributed by atoms with Gasteiger partial charge in [0.05, 0.1) is 10.5 Å². The van der Waals surface area contributed by atoms with Crippen LogP contribution in [0.15, 0.2) is 23.2 Å². The zero-order valence-electron chi connectivity index (χ0n) is 10.4. The number of aromatic nitrogens is 1. The van der Waals surface area contributed by atoms with Crippen LogP contribution in [0, 0.1) is 0 Å². The van der Waals surface area contributed by atoms with Gasteiger partial charge in [0.25, 0.3) is 5.91 Å². The molecule has 1 aromatic heterocycles. The van der Waals surface area contributed by atoms with Crippen LogP contribution in [0.25, 0.3) is 10.9 Å². The predicted molar refractivity (Wildman–Crippen MR) is 76.0 cm³/mol. The van der Waals surface area contributed by atoms with Crippen LogP contribution in [0.1, 0.15) is 27.3 Å². The van der Waals surface area contributed by atoms with Crippen molar-refractivity contribution in [2.45, 2.75) is 13.0 Å². The molecule has 6 nitrogen and oxygen atoms in total. The first-order valence-corrected chi connectivity index (χ1v) is 6.35. The van der Waals surface area contributed by atoms with E-state index in [-0.39, 0.29) is 11.7 Å². The van der Waals surface area contributed by atoms with Crippen LogP contribution in [0.5, 0.6) is 0 Å². The lowest BCUT2D eigenvalue weighted by molar-refractivity contribution is 0.0958. The molecule has 1 amide bonds. The Labute approximate surface area is 119 Å². The van der Waals surface area contributed by atoms with Gasteiger partial charge in [0.15, 0.2) is 11.7 Å². The topological polar surface area (TPSA) is 103 Å². The summed E-state index contributed by atoms with van der Waals surface area (Å²) in [6, 6.07) is 4.95. The van der Waals surface area contributed by atoms with E-state index in [1.807, 2.05) is 0 Å². The molecule has 7 heteroatoms. The molecular formula is C13H11ClN4O2. The molecule has 0 bridgehead atoms. The van der Waals surface area contributed by atoms with Crippen molar-refractivity contribution in [2.75, 3.05) is 0 Å². The number of carbonyl (C=O) groups excluding carboxylic acids is 2. The molecule has 4 N–H and O–H groups in total. The molecule has 1 aliphatic rings. The summed E-state index contributed by atoms with van der Waals surface area (Å²) in [5.74, 6) is -0.804. The molecule has 0 radical (unpaired) electrons. The first kappa shape index (κ1) is 12.7. The largest absolute Gasteiger partial charge is 0.370 e. The molecule has 0 fully saturated rings. The van der Waals surface area contributed by atoms with Gasteiger partial charge in [0.2, 0.25) is 0 Å². The van der Waals surface area contributed by atoms with Crippen LogP contribution in [0.3, 0.4) is 0 Å². The zero-order valence-corrected chi connectivity index (χ0v) is 11.1. The van der Waals surface area contributed by atoms with Gasteiger partial charge in [-0.25, -0.2) is 0 Å². The van der Waals surface area contributed by atoms with Gasteiger partial charge >= 0.3 is 0 Å². The van der Waals surface area contributed by atoms with Crippen molar-refractivity contribution < 1.29 is 9.59 Å². The van der Waals surface area contributed by atoms with Crippen molar-refractivity contribution in [2.24, 2.45) is 16.5 Å². The maximum Gasteiger partial charge on any atom is 0.296 e. The summed E-state index contributed by atoms with van der Waals surface area (Å²) in [5.41, 5.74) is 12.0. The Bertz CT molecular complexity index is 787. The number of aliphatic imine (C=N–C) groups is 1. The summed E-state index contributed by atoms with van der Waals surface area (Å²) in [6.45, 7) is 0.413. The molecule has 0 aliphatic carbocycles. The van der Waals surface area contributed by atoms with Crippen LogP contribution in [0.2, 0.25) is 5.02 Å². The van der Waals surface area contributed by atoms with E-state index in [9.17, 15) is 9.59 Å². The molecule has 0 spiro atoms. The summed E-state index contributed by atoms with van der Waals surface area (Å²) < 4.78 is 1.74. The van der Waals surface area contributed by atoms with E-state index in [0.29, 0.717) is 40.1 Å². The van der Waals surface area contributed by atoms with Crippen LogP contribution in [-0.4, -0.2) is 22.2 Å². The van der Waals surface area contributed by atoms with Crippen molar-refractivity contribution in [3.05, 3.63) is 34.5 Å². The third kappa shape index (κ3) is 1.77. The second-order valence-corrected chi connectivity index (χ2v) is 4.96. The number of nitrogens with two attached hydrogens (primary N) is 2. The normalized spacial score (nSPS) is 13.6. The molecule has 0 unspecified atom stereocenters. The van der Waals surface area contributed by atoms with Crippen LogP contribution in [-0.2, 0) is 6.54 Å². The number of halogens is 1. The Balaban J connectivity index is 2.33. The average Bonchev–Trinajstić information content (AvgIpc) is 2.76. The predicted octanol–water partition coefficient (Wildman–Crippen LogP) is 1.29. The molecule has 1 aliphatic heterocycles. The first-order valence-electron chi connectivity index (χ1n) is 5.98. The fraction of sp³-hybridized carbons (Fsp3) is 0.154. The number of aryl methyl sites for hydroxylation is 1. The lowest BCUT2D eigenvalue weighted by Gasteiger charge is -2.16. The van der Waals surface area contributed by atoms with Gasteiger partial charge in [-0.1, -0.05) is 11.6 Å². The van der Waals surface area contributed by atoms with E-state index in [1.54, 1.807) is 22.8 Å². The van der Waals surface area contributed by atoms with E-state index in [2.05, 4.69) is 4.99 Å². The number of nitrogens with zero attached hydrogens (tertiary/aromatic N) is 2. The smallest absolute Gasteiger partial charge is 0.296 e. The fourth-order valence-corrected chi connectivity index (χ4v) is 2.71. The standard InChI is InChI=1S/C13H11ClN4O2/c14-8-2-1-6-10(19)3-4-18-9(5-7(8)11(6)18)12(20)17-13(15)16/h1-2,5H,3-4H2,(H4,15,16,17,20). The quantitative estimate of drug-likeness (QED) is 0.610. The van der Waals surface area contributed by atoms with Gasteiger partial charge < -0.3 is 16.0 Å². The van der Waals surface area contributed by atoms with Crippen molar-refractivity contribution >= 4 is 40.2 Å². The number of hydrogen-bond acceptors (Lipinski definition) is 2. The summed E-state index contributed by atoms with van der Waals surface area (Å²) in [5, 5.41) is 1.14. The molecule has 0 saturated carbocycles. The molecular weight excluding hydrogens is 280 g/mol. The number of rotatable bonds is 1. The van der Waals surface area contributed by atoms with Crippen LogP contribution in [0.4, 0.5) is 0 Å².